The molecule has 2 aromatic carbocycles. The molecule has 0 saturated carbocycles. The van der Waals surface area contributed by atoms with Crippen LogP contribution in [-0.4, -0.2) is 18.1 Å². The second-order valence-corrected chi connectivity index (χ2v) is 5.41. The van der Waals surface area contributed by atoms with Gasteiger partial charge >= 0.3 is 0 Å². The quantitative estimate of drug-likeness (QED) is 0.741. The second kappa shape index (κ2) is 5.54. The van der Waals surface area contributed by atoms with Crippen LogP contribution in [0.15, 0.2) is 41.8 Å². The first-order valence-electron chi connectivity index (χ1n) is 6.39. The van der Waals surface area contributed by atoms with Gasteiger partial charge in [0.25, 0.3) is 0 Å². The van der Waals surface area contributed by atoms with Crippen LogP contribution in [0, 0.1) is 0 Å². The van der Waals surface area contributed by atoms with E-state index in [1.54, 1.807) is 12.5 Å². The molecule has 0 N–H and O–H groups in total. The summed E-state index contributed by atoms with van der Waals surface area (Å²) in [6, 6.07) is 11.9. The number of methoxy groups -OCH3 is 1. The maximum atomic E-state index is 10.7. The summed E-state index contributed by atoms with van der Waals surface area (Å²) in [7, 11) is 1.61. The Kier molecular flexibility index (Phi) is 3.58. The van der Waals surface area contributed by atoms with E-state index in [2.05, 4.69) is 4.98 Å². The molecule has 0 fully saturated rings. The molecule has 1 aromatic heterocycles. The van der Waals surface area contributed by atoms with Crippen molar-refractivity contribution in [3.05, 3.63) is 47.5 Å². The second-order valence-electron chi connectivity index (χ2n) is 4.56. The van der Waals surface area contributed by atoms with Crippen molar-refractivity contribution in [2.24, 2.45) is 0 Å². The molecule has 0 aliphatic heterocycles. The van der Waals surface area contributed by atoms with Gasteiger partial charge in [0, 0.05) is 17.8 Å². The van der Waals surface area contributed by atoms with Gasteiger partial charge in [-0.15, -0.1) is 11.3 Å². The summed E-state index contributed by atoms with van der Waals surface area (Å²) in [4.78, 5) is 15.1. The average molecular weight is 298 g/mol. The smallest absolute Gasteiger partial charge is 0.129 e. The van der Waals surface area contributed by atoms with Crippen molar-refractivity contribution in [3.63, 3.8) is 0 Å². The standard InChI is InChI=1S/C16H13NO3S/c1-20-13-7-6-10-4-2-3-5-12(10)15(13)16-17-11(9-21-16)8-14(18)19/h2-7,9H,8H2,1H3,(H,18,19)/p-1. The monoisotopic (exact) mass is 298 g/mol. The summed E-state index contributed by atoms with van der Waals surface area (Å²) in [5, 5.41) is 15.3. The molecule has 0 aliphatic carbocycles. The number of carbonyl (C=O) groups is 1. The lowest BCUT2D eigenvalue weighted by Gasteiger charge is -2.09. The molecule has 3 rings (SSSR count). The lowest BCUT2D eigenvalue weighted by molar-refractivity contribution is -0.304. The highest BCUT2D eigenvalue weighted by Crippen LogP contribution is 2.38. The highest BCUT2D eigenvalue weighted by molar-refractivity contribution is 7.13. The van der Waals surface area contributed by atoms with E-state index in [0.717, 1.165) is 27.1 Å². The molecule has 0 unspecified atom stereocenters. The first kappa shape index (κ1) is 13.6. The fourth-order valence-electron chi connectivity index (χ4n) is 2.29. The van der Waals surface area contributed by atoms with Crippen LogP contribution >= 0.6 is 11.3 Å². The molecule has 0 aliphatic rings. The number of rotatable bonds is 4. The predicted octanol–water partition coefficient (Wildman–Crippen LogP) is 2.26. The number of hydrogen-bond acceptors (Lipinski definition) is 5. The summed E-state index contributed by atoms with van der Waals surface area (Å²) < 4.78 is 5.44. The Balaban J connectivity index is 2.18. The van der Waals surface area contributed by atoms with E-state index in [1.165, 1.54) is 11.3 Å². The molecule has 0 atom stereocenters. The zero-order valence-electron chi connectivity index (χ0n) is 11.3. The van der Waals surface area contributed by atoms with Crippen molar-refractivity contribution >= 4 is 28.1 Å². The van der Waals surface area contributed by atoms with E-state index in [1.807, 2.05) is 36.4 Å². The number of carboxylic acids is 1. The third-order valence-electron chi connectivity index (χ3n) is 3.20. The number of ether oxygens (including phenoxy) is 1. The van der Waals surface area contributed by atoms with Crippen LogP contribution in [0.25, 0.3) is 21.3 Å². The Morgan fingerprint density at radius 2 is 2.10 bits per heavy atom. The van der Waals surface area contributed by atoms with Gasteiger partial charge in [-0.1, -0.05) is 30.3 Å². The van der Waals surface area contributed by atoms with Crippen LogP contribution in [-0.2, 0) is 11.2 Å². The summed E-state index contributed by atoms with van der Waals surface area (Å²) >= 11 is 1.41. The van der Waals surface area contributed by atoms with Gasteiger partial charge in [0.2, 0.25) is 0 Å². The van der Waals surface area contributed by atoms with Gasteiger partial charge in [-0.2, -0.15) is 0 Å². The number of nitrogens with zero attached hydrogens (tertiary/aromatic N) is 1. The number of hydrogen-bond donors (Lipinski definition) is 0. The fourth-order valence-corrected chi connectivity index (χ4v) is 3.18. The first-order valence-corrected chi connectivity index (χ1v) is 7.27. The molecule has 0 radical (unpaired) electrons. The normalized spacial score (nSPS) is 10.7. The number of benzene rings is 2. The average Bonchev–Trinajstić information content (AvgIpc) is 2.93. The maximum Gasteiger partial charge on any atom is 0.129 e. The van der Waals surface area contributed by atoms with Gasteiger partial charge in [0.05, 0.1) is 18.4 Å². The molecule has 106 valence electrons. The zero-order valence-corrected chi connectivity index (χ0v) is 12.1. The molecule has 21 heavy (non-hydrogen) atoms. The minimum atomic E-state index is -1.13. The maximum absolute atomic E-state index is 10.7. The van der Waals surface area contributed by atoms with Crippen LogP contribution in [0.2, 0.25) is 0 Å². The third kappa shape index (κ3) is 2.60. The Morgan fingerprint density at radius 3 is 2.86 bits per heavy atom. The van der Waals surface area contributed by atoms with Crippen LogP contribution < -0.4 is 9.84 Å². The molecule has 3 aromatic rings. The zero-order chi connectivity index (χ0) is 14.8. The van der Waals surface area contributed by atoms with Gasteiger partial charge < -0.3 is 14.6 Å². The highest BCUT2D eigenvalue weighted by Gasteiger charge is 2.14. The summed E-state index contributed by atoms with van der Waals surface area (Å²) in [6.07, 6.45) is -0.177. The SMILES string of the molecule is COc1ccc2ccccc2c1-c1nc(CC(=O)[O-])cs1. The molecule has 1 heterocycles. The van der Waals surface area contributed by atoms with E-state index < -0.39 is 5.97 Å². The predicted molar refractivity (Wildman–Crippen MR) is 80.3 cm³/mol. The summed E-state index contributed by atoms with van der Waals surface area (Å²) in [5.74, 6) is -0.403. The Morgan fingerprint density at radius 1 is 1.29 bits per heavy atom. The van der Waals surface area contributed by atoms with Crippen molar-refractivity contribution in [3.8, 4) is 16.3 Å². The highest BCUT2D eigenvalue weighted by atomic mass is 32.1. The number of fused-ring (bicyclic) bond motifs is 1. The molecule has 0 amide bonds. The minimum Gasteiger partial charge on any atom is -0.550 e. The lowest BCUT2D eigenvalue weighted by atomic mass is 10.0. The van der Waals surface area contributed by atoms with Crippen LogP contribution in [0.1, 0.15) is 5.69 Å². The van der Waals surface area contributed by atoms with Crippen molar-refractivity contribution in [2.45, 2.75) is 6.42 Å². The van der Waals surface area contributed by atoms with E-state index >= 15 is 0 Å². The van der Waals surface area contributed by atoms with Gasteiger partial charge in [0.1, 0.15) is 10.8 Å². The number of carbonyl (C=O) groups excluding carboxylic acids is 1. The number of thiazole rings is 1. The molecule has 0 saturated heterocycles. The molecule has 5 heteroatoms. The van der Waals surface area contributed by atoms with Gasteiger partial charge in [-0.25, -0.2) is 4.98 Å². The number of carboxylic acid groups (broad SMARTS) is 1. The van der Waals surface area contributed by atoms with Crippen molar-refractivity contribution in [1.29, 1.82) is 0 Å². The van der Waals surface area contributed by atoms with E-state index in [4.69, 9.17) is 4.74 Å². The fraction of sp³-hybridized carbons (Fsp3) is 0.125. The van der Waals surface area contributed by atoms with Crippen molar-refractivity contribution < 1.29 is 14.6 Å². The van der Waals surface area contributed by atoms with Gasteiger partial charge in [-0.05, 0) is 16.8 Å². The molecular weight excluding hydrogens is 286 g/mol. The van der Waals surface area contributed by atoms with E-state index in [0.29, 0.717) is 5.69 Å². The molecule has 4 nitrogen and oxygen atoms in total. The summed E-state index contributed by atoms with van der Waals surface area (Å²) in [5.41, 5.74) is 1.40. The Hall–Kier alpha value is -2.40. The number of aliphatic carboxylic acids is 1. The Bertz CT molecular complexity index is 810. The number of aromatic nitrogens is 1. The van der Waals surface area contributed by atoms with E-state index in [9.17, 15) is 9.90 Å². The van der Waals surface area contributed by atoms with Crippen molar-refractivity contribution in [1.82, 2.24) is 4.98 Å². The minimum absolute atomic E-state index is 0.177. The van der Waals surface area contributed by atoms with E-state index in [-0.39, 0.29) is 6.42 Å². The summed E-state index contributed by atoms with van der Waals surface area (Å²) in [6.45, 7) is 0. The Labute approximate surface area is 125 Å². The largest absolute Gasteiger partial charge is 0.550 e. The van der Waals surface area contributed by atoms with Crippen LogP contribution in [0.3, 0.4) is 0 Å². The third-order valence-corrected chi connectivity index (χ3v) is 4.11. The van der Waals surface area contributed by atoms with Crippen molar-refractivity contribution in [2.75, 3.05) is 7.11 Å². The molecule has 0 bridgehead atoms. The molecular formula is C16H12NO3S-. The molecule has 0 spiro atoms. The topological polar surface area (TPSA) is 62.2 Å². The lowest BCUT2D eigenvalue weighted by Crippen LogP contribution is -2.24. The first-order chi connectivity index (χ1) is 10.2. The van der Waals surface area contributed by atoms with Crippen LogP contribution in [0.5, 0.6) is 5.75 Å². The van der Waals surface area contributed by atoms with Crippen LogP contribution in [0.4, 0.5) is 0 Å². The van der Waals surface area contributed by atoms with Gasteiger partial charge in [-0.3, -0.25) is 0 Å². The van der Waals surface area contributed by atoms with Gasteiger partial charge in [0.15, 0.2) is 0 Å².